The number of oxime groups is 1. The molecule has 7 heteroatoms. The molecule has 1 aromatic heterocycles. The minimum Gasteiger partial charge on any atom is -0.467 e. The van der Waals surface area contributed by atoms with Crippen molar-refractivity contribution in [1.29, 1.82) is 0 Å². The first-order valence-electron chi connectivity index (χ1n) is 10.5. The van der Waals surface area contributed by atoms with Crippen molar-refractivity contribution in [3.8, 4) is 0 Å². The first kappa shape index (κ1) is 21.4. The summed E-state index contributed by atoms with van der Waals surface area (Å²) in [6.45, 7) is 2.25. The lowest BCUT2D eigenvalue weighted by Gasteiger charge is -2.20. The van der Waals surface area contributed by atoms with Gasteiger partial charge in [-0.1, -0.05) is 65.3 Å². The molecule has 2 aromatic carbocycles. The predicted octanol–water partition coefficient (Wildman–Crippen LogP) is 3.12. The third-order valence-electron chi connectivity index (χ3n) is 5.28. The van der Waals surface area contributed by atoms with Gasteiger partial charge in [-0.25, -0.2) is 0 Å². The van der Waals surface area contributed by atoms with E-state index in [9.17, 15) is 9.59 Å². The van der Waals surface area contributed by atoms with Gasteiger partial charge in [0.15, 0.2) is 0 Å². The minimum absolute atomic E-state index is 0.244. The second-order valence-electron chi connectivity index (χ2n) is 7.75. The maximum absolute atomic E-state index is 12.9. The van der Waals surface area contributed by atoms with E-state index < -0.39 is 12.1 Å². The van der Waals surface area contributed by atoms with Crippen molar-refractivity contribution in [2.75, 3.05) is 0 Å². The van der Waals surface area contributed by atoms with Crippen LogP contribution in [-0.4, -0.2) is 29.7 Å². The first-order chi connectivity index (χ1) is 15.6. The Hall–Kier alpha value is -3.87. The molecule has 2 atom stereocenters. The largest absolute Gasteiger partial charge is 0.467 e. The molecular formula is C25H25N3O4. The average molecular weight is 431 g/mol. The fraction of sp³-hybridized carbons (Fsp3) is 0.240. The Balaban J connectivity index is 1.40. The zero-order valence-electron chi connectivity index (χ0n) is 17.8. The van der Waals surface area contributed by atoms with E-state index in [1.807, 2.05) is 61.5 Å². The monoisotopic (exact) mass is 431 g/mol. The number of furan rings is 1. The summed E-state index contributed by atoms with van der Waals surface area (Å²) in [5, 5.41) is 9.75. The molecule has 3 aromatic rings. The van der Waals surface area contributed by atoms with Gasteiger partial charge in [0.05, 0.1) is 18.5 Å². The summed E-state index contributed by atoms with van der Waals surface area (Å²) in [6, 6.07) is 20.2. The van der Waals surface area contributed by atoms with Crippen molar-refractivity contribution >= 4 is 17.5 Å². The Morgan fingerprint density at radius 1 is 1.06 bits per heavy atom. The fourth-order valence-corrected chi connectivity index (χ4v) is 3.47. The van der Waals surface area contributed by atoms with Gasteiger partial charge in [-0.05, 0) is 30.2 Å². The highest BCUT2D eigenvalue weighted by Crippen LogP contribution is 2.18. The molecule has 2 unspecified atom stereocenters. The maximum Gasteiger partial charge on any atom is 0.265 e. The molecule has 1 aliphatic heterocycles. The molecule has 0 aliphatic carbocycles. The number of aryl methyl sites for hydroxylation is 1. The molecule has 4 rings (SSSR count). The van der Waals surface area contributed by atoms with Crippen LogP contribution >= 0.6 is 0 Å². The van der Waals surface area contributed by atoms with Gasteiger partial charge in [-0.3, -0.25) is 9.59 Å². The zero-order chi connectivity index (χ0) is 22.3. The molecule has 0 radical (unpaired) electrons. The Morgan fingerprint density at radius 3 is 2.56 bits per heavy atom. The molecular weight excluding hydrogens is 406 g/mol. The van der Waals surface area contributed by atoms with E-state index in [0.717, 1.165) is 16.7 Å². The van der Waals surface area contributed by atoms with Crippen molar-refractivity contribution in [3.05, 3.63) is 95.4 Å². The number of hydrogen-bond acceptors (Lipinski definition) is 5. The van der Waals surface area contributed by atoms with E-state index in [1.54, 1.807) is 18.4 Å². The van der Waals surface area contributed by atoms with Gasteiger partial charge in [0.1, 0.15) is 11.8 Å². The van der Waals surface area contributed by atoms with Gasteiger partial charge in [0.2, 0.25) is 12.0 Å². The minimum atomic E-state index is -0.776. The maximum atomic E-state index is 12.9. The highest BCUT2D eigenvalue weighted by molar-refractivity contribution is 6.04. The number of rotatable bonds is 8. The number of benzene rings is 2. The first-order valence-corrected chi connectivity index (χ1v) is 10.5. The molecule has 164 valence electrons. The second-order valence-corrected chi connectivity index (χ2v) is 7.75. The summed E-state index contributed by atoms with van der Waals surface area (Å²) in [4.78, 5) is 31.2. The van der Waals surface area contributed by atoms with Crippen LogP contribution in [0.5, 0.6) is 0 Å². The number of amides is 2. The molecule has 2 N–H and O–H groups in total. The molecule has 32 heavy (non-hydrogen) atoms. The number of hydrogen-bond donors (Lipinski definition) is 2. The highest BCUT2D eigenvalue weighted by atomic mass is 16.6. The Bertz CT molecular complexity index is 1080. The Labute approximate surface area is 186 Å². The van der Waals surface area contributed by atoms with Crippen LogP contribution < -0.4 is 10.6 Å². The smallest absolute Gasteiger partial charge is 0.265 e. The molecule has 2 heterocycles. The van der Waals surface area contributed by atoms with Crippen molar-refractivity contribution in [3.63, 3.8) is 0 Å². The summed E-state index contributed by atoms with van der Waals surface area (Å²) in [5.41, 5.74) is 3.72. The Morgan fingerprint density at radius 2 is 1.84 bits per heavy atom. The van der Waals surface area contributed by atoms with Crippen LogP contribution in [0.4, 0.5) is 0 Å². The lowest BCUT2D eigenvalue weighted by Crippen LogP contribution is -2.50. The quantitative estimate of drug-likeness (QED) is 0.573. The average Bonchev–Trinajstić information content (AvgIpc) is 3.51. The normalized spacial score (nSPS) is 16.0. The van der Waals surface area contributed by atoms with E-state index in [4.69, 9.17) is 9.25 Å². The summed E-state index contributed by atoms with van der Waals surface area (Å²) in [7, 11) is 0. The van der Waals surface area contributed by atoms with Crippen LogP contribution in [0.25, 0.3) is 0 Å². The standard InChI is InChI=1S/C25H25N3O4/c1-17-9-11-19(12-10-17)21-15-23(32-28-21)25(30)27-22(14-18-6-3-2-4-7-18)24(29)26-16-20-8-5-13-31-20/h2-13,22-23H,14-16H2,1H3,(H,26,29)(H,27,30). The molecule has 0 bridgehead atoms. The van der Waals surface area contributed by atoms with Gasteiger partial charge in [0, 0.05) is 12.8 Å². The third kappa shape index (κ3) is 5.43. The number of nitrogens with one attached hydrogen (secondary N) is 2. The van der Waals surface area contributed by atoms with E-state index >= 15 is 0 Å². The third-order valence-corrected chi connectivity index (χ3v) is 5.28. The van der Waals surface area contributed by atoms with Gasteiger partial charge in [-0.15, -0.1) is 0 Å². The van der Waals surface area contributed by atoms with Crippen LogP contribution in [0.3, 0.4) is 0 Å². The summed E-state index contributed by atoms with van der Waals surface area (Å²) < 4.78 is 5.27. The zero-order valence-corrected chi connectivity index (χ0v) is 17.8. The summed E-state index contributed by atoms with van der Waals surface area (Å²) in [6.07, 6.45) is 1.48. The molecule has 0 saturated heterocycles. The molecule has 2 amide bonds. The molecule has 0 fully saturated rings. The van der Waals surface area contributed by atoms with Crippen LogP contribution in [0.15, 0.2) is 82.6 Å². The lowest BCUT2D eigenvalue weighted by molar-refractivity contribution is -0.135. The molecule has 7 nitrogen and oxygen atoms in total. The van der Waals surface area contributed by atoms with Crippen molar-refractivity contribution < 1.29 is 18.8 Å². The molecule has 0 saturated carbocycles. The number of carbonyl (C=O) groups excluding carboxylic acids is 2. The molecule has 0 spiro atoms. The van der Waals surface area contributed by atoms with E-state index in [1.165, 1.54) is 0 Å². The van der Waals surface area contributed by atoms with Crippen molar-refractivity contribution in [1.82, 2.24) is 10.6 Å². The van der Waals surface area contributed by atoms with Crippen LogP contribution in [0.2, 0.25) is 0 Å². The topological polar surface area (TPSA) is 92.9 Å². The van der Waals surface area contributed by atoms with E-state index in [0.29, 0.717) is 24.3 Å². The van der Waals surface area contributed by atoms with Crippen molar-refractivity contribution in [2.45, 2.75) is 38.5 Å². The van der Waals surface area contributed by atoms with Gasteiger partial charge in [-0.2, -0.15) is 0 Å². The lowest BCUT2D eigenvalue weighted by atomic mass is 10.0. The van der Waals surface area contributed by atoms with Gasteiger partial charge in [0.25, 0.3) is 5.91 Å². The van der Waals surface area contributed by atoms with E-state index in [2.05, 4.69) is 15.8 Å². The predicted molar refractivity (Wildman–Crippen MR) is 120 cm³/mol. The van der Waals surface area contributed by atoms with Crippen molar-refractivity contribution in [2.24, 2.45) is 5.16 Å². The van der Waals surface area contributed by atoms with E-state index in [-0.39, 0.29) is 18.4 Å². The van der Waals surface area contributed by atoms with Crippen LogP contribution in [-0.2, 0) is 27.4 Å². The second kappa shape index (κ2) is 9.96. The Kier molecular flexibility index (Phi) is 6.65. The number of carbonyl (C=O) groups is 2. The van der Waals surface area contributed by atoms with Gasteiger partial charge < -0.3 is 19.9 Å². The van der Waals surface area contributed by atoms with Crippen LogP contribution in [0.1, 0.15) is 28.9 Å². The molecule has 1 aliphatic rings. The summed E-state index contributed by atoms with van der Waals surface area (Å²) >= 11 is 0. The number of nitrogens with zero attached hydrogens (tertiary/aromatic N) is 1. The summed E-state index contributed by atoms with van der Waals surface area (Å²) in [5.74, 6) is -0.0281. The van der Waals surface area contributed by atoms with Gasteiger partial charge >= 0.3 is 0 Å². The fourth-order valence-electron chi connectivity index (χ4n) is 3.47. The van der Waals surface area contributed by atoms with Crippen LogP contribution in [0, 0.1) is 6.92 Å². The highest BCUT2D eigenvalue weighted by Gasteiger charge is 2.32. The SMILES string of the molecule is Cc1ccc(C2=NOC(C(=O)NC(Cc3ccccc3)C(=O)NCc3ccco3)C2)cc1.